The highest BCUT2D eigenvalue weighted by atomic mass is 16.5. The van der Waals surface area contributed by atoms with Crippen molar-refractivity contribution in [2.75, 3.05) is 6.61 Å². The van der Waals surface area contributed by atoms with Crippen molar-refractivity contribution in [2.45, 2.75) is 5.92 Å². The van der Waals surface area contributed by atoms with Crippen LogP contribution in [0.1, 0.15) is 32.2 Å². The van der Waals surface area contributed by atoms with Crippen LogP contribution in [-0.4, -0.2) is 23.8 Å². The SMILES string of the molecule is O=Cc1ccc2c(c1)OCC(c1ccc(O)cc1)C2=O. The van der Waals surface area contributed by atoms with Crippen LogP contribution in [0.5, 0.6) is 11.5 Å². The standard InChI is InChI=1S/C16H12O4/c17-8-10-1-6-13-15(7-10)20-9-14(16(13)19)11-2-4-12(18)5-3-11/h1-8,14,18H,9H2. The van der Waals surface area contributed by atoms with E-state index in [0.717, 1.165) is 11.8 Å². The Morgan fingerprint density at radius 1 is 1.15 bits per heavy atom. The van der Waals surface area contributed by atoms with Crippen molar-refractivity contribution in [2.24, 2.45) is 0 Å². The Bertz CT molecular complexity index is 673. The molecule has 1 N–H and O–H groups in total. The van der Waals surface area contributed by atoms with Gasteiger partial charge in [-0.15, -0.1) is 0 Å². The van der Waals surface area contributed by atoms with Gasteiger partial charge in [0.15, 0.2) is 5.78 Å². The second kappa shape index (κ2) is 4.81. The molecule has 0 bridgehead atoms. The number of aromatic hydroxyl groups is 1. The lowest BCUT2D eigenvalue weighted by atomic mass is 9.88. The Morgan fingerprint density at radius 3 is 2.60 bits per heavy atom. The van der Waals surface area contributed by atoms with Gasteiger partial charge in [0.1, 0.15) is 24.4 Å². The van der Waals surface area contributed by atoms with Crippen LogP contribution >= 0.6 is 0 Å². The predicted octanol–water partition coefficient (Wildman–Crippen LogP) is 2.56. The Balaban J connectivity index is 1.96. The van der Waals surface area contributed by atoms with E-state index >= 15 is 0 Å². The monoisotopic (exact) mass is 268 g/mol. The number of carbonyl (C=O) groups excluding carboxylic acids is 2. The molecule has 1 aliphatic rings. The second-order valence-corrected chi connectivity index (χ2v) is 4.69. The molecule has 0 spiro atoms. The second-order valence-electron chi connectivity index (χ2n) is 4.69. The molecular weight excluding hydrogens is 256 g/mol. The van der Waals surface area contributed by atoms with Crippen molar-refractivity contribution in [3.63, 3.8) is 0 Å². The molecule has 1 atom stereocenters. The number of benzene rings is 2. The summed E-state index contributed by atoms with van der Waals surface area (Å²) in [5, 5.41) is 9.29. The van der Waals surface area contributed by atoms with Crippen molar-refractivity contribution < 1.29 is 19.4 Å². The summed E-state index contributed by atoms with van der Waals surface area (Å²) in [4.78, 5) is 23.2. The molecule has 2 aromatic carbocycles. The molecule has 0 amide bonds. The first kappa shape index (κ1) is 12.4. The van der Waals surface area contributed by atoms with Crippen LogP contribution in [0.15, 0.2) is 42.5 Å². The third-order valence-corrected chi connectivity index (χ3v) is 3.42. The predicted molar refractivity (Wildman–Crippen MR) is 72.5 cm³/mol. The number of ether oxygens (including phenoxy) is 1. The highest BCUT2D eigenvalue weighted by molar-refractivity contribution is 6.04. The maximum Gasteiger partial charge on any atom is 0.177 e. The molecular formula is C16H12O4. The average Bonchev–Trinajstić information content (AvgIpc) is 2.48. The van der Waals surface area contributed by atoms with Gasteiger partial charge < -0.3 is 9.84 Å². The van der Waals surface area contributed by atoms with Gasteiger partial charge in [0.25, 0.3) is 0 Å². The first-order valence-corrected chi connectivity index (χ1v) is 6.24. The molecule has 1 heterocycles. The fourth-order valence-electron chi connectivity index (χ4n) is 2.33. The zero-order valence-corrected chi connectivity index (χ0v) is 10.6. The molecule has 0 radical (unpaired) electrons. The molecule has 0 saturated heterocycles. The number of fused-ring (bicyclic) bond motifs is 1. The van der Waals surface area contributed by atoms with Crippen LogP contribution in [0.3, 0.4) is 0 Å². The number of phenols is 1. The molecule has 3 rings (SSSR count). The molecule has 1 aliphatic heterocycles. The topological polar surface area (TPSA) is 63.6 Å². The number of phenolic OH excluding ortho intramolecular Hbond substituents is 1. The number of rotatable bonds is 2. The number of ketones is 1. The minimum atomic E-state index is -0.384. The van der Waals surface area contributed by atoms with Crippen LogP contribution < -0.4 is 4.74 Å². The fourth-order valence-corrected chi connectivity index (χ4v) is 2.33. The molecule has 0 aliphatic carbocycles. The number of hydrogen-bond acceptors (Lipinski definition) is 4. The van der Waals surface area contributed by atoms with E-state index in [4.69, 9.17) is 4.74 Å². The quantitative estimate of drug-likeness (QED) is 0.850. The third kappa shape index (κ3) is 2.05. The smallest absolute Gasteiger partial charge is 0.177 e. The summed E-state index contributed by atoms with van der Waals surface area (Å²) in [7, 11) is 0. The van der Waals surface area contributed by atoms with Gasteiger partial charge in [0, 0.05) is 5.56 Å². The van der Waals surface area contributed by atoms with E-state index < -0.39 is 0 Å². The summed E-state index contributed by atoms with van der Waals surface area (Å²) in [6.07, 6.45) is 0.722. The first-order valence-electron chi connectivity index (χ1n) is 6.24. The zero-order valence-electron chi connectivity index (χ0n) is 10.6. The normalized spacial score (nSPS) is 17.2. The number of aldehydes is 1. The van der Waals surface area contributed by atoms with E-state index in [9.17, 15) is 14.7 Å². The summed E-state index contributed by atoms with van der Waals surface area (Å²) < 4.78 is 5.59. The molecule has 4 heteroatoms. The summed E-state index contributed by atoms with van der Waals surface area (Å²) in [5.41, 5.74) is 1.78. The van der Waals surface area contributed by atoms with Gasteiger partial charge in [-0.25, -0.2) is 0 Å². The van der Waals surface area contributed by atoms with E-state index in [1.165, 1.54) is 0 Å². The molecule has 2 aromatic rings. The maximum absolute atomic E-state index is 12.5. The van der Waals surface area contributed by atoms with E-state index in [-0.39, 0.29) is 24.1 Å². The van der Waals surface area contributed by atoms with Crippen molar-refractivity contribution in [1.82, 2.24) is 0 Å². The van der Waals surface area contributed by atoms with E-state index in [1.807, 2.05) is 0 Å². The number of hydrogen-bond donors (Lipinski definition) is 1. The van der Waals surface area contributed by atoms with Crippen molar-refractivity contribution in [1.29, 1.82) is 0 Å². The minimum Gasteiger partial charge on any atom is -0.508 e. The average molecular weight is 268 g/mol. The van der Waals surface area contributed by atoms with E-state index in [0.29, 0.717) is 16.9 Å². The van der Waals surface area contributed by atoms with E-state index in [2.05, 4.69) is 0 Å². The summed E-state index contributed by atoms with van der Waals surface area (Å²) in [6, 6.07) is 11.3. The highest BCUT2D eigenvalue weighted by Crippen LogP contribution is 2.33. The Hall–Kier alpha value is -2.62. The van der Waals surface area contributed by atoms with Crippen LogP contribution in [0, 0.1) is 0 Å². The lowest BCUT2D eigenvalue weighted by Gasteiger charge is -2.24. The largest absolute Gasteiger partial charge is 0.508 e. The van der Waals surface area contributed by atoms with Crippen molar-refractivity contribution >= 4 is 12.1 Å². The molecule has 4 nitrogen and oxygen atoms in total. The van der Waals surface area contributed by atoms with Crippen LogP contribution in [0.4, 0.5) is 0 Å². The van der Waals surface area contributed by atoms with Crippen LogP contribution in [0.2, 0.25) is 0 Å². The van der Waals surface area contributed by atoms with Crippen LogP contribution in [0.25, 0.3) is 0 Å². The van der Waals surface area contributed by atoms with Gasteiger partial charge in [-0.3, -0.25) is 9.59 Å². The molecule has 1 unspecified atom stereocenters. The van der Waals surface area contributed by atoms with Gasteiger partial charge in [-0.2, -0.15) is 0 Å². The first-order chi connectivity index (χ1) is 9.69. The summed E-state index contributed by atoms with van der Waals surface area (Å²) in [5.74, 6) is 0.197. The van der Waals surface area contributed by atoms with Gasteiger partial charge in [-0.1, -0.05) is 18.2 Å². The third-order valence-electron chi connectivity index (χ3n) is 3.42. The van der Waals surface area contributed by atoms with E-state index in [1.54, 1.807) is 42.5 Å². The van der Waals surface area contributed by atoms with Gasteiger partial charge in [-0.05, 0) is 29.8 Å². The Labute approximate surface area is 115 Å². The van der Waals surface area contributed by atoms with Crippen molar-refractivity contribution in [3.8, 4) is 11.5 Å². The highest BCUT2D eigenvalue weighted by Gasteiger charge is 2.30. The summed E-state index contributed by atoms with van der Waals surface area (Å²) in [6.45, 7) is 0.235. The van der Waals surface area contributed by atoms with Gasteiger partial charge >= 0.3 is 0 Å². The van der Waals surface area contributed by atoms with Gasteiger partial charge in [0.05, 0.1) is 11.5 Å². The number of carbonyl (C=O) groups is 2. The lowest BCUT2D eigenvalue weighted by Crippen LogP contribution is -2.26. The molecule has 100 valence electrons. The zero-order chi connectivity index (χ0) is 14.1. The summed E-state index contributed by atoms with van der Waals surface area (Å²) >= 11 is 0. The molecule has 0 saturated carbocycles. The molecule has 0 aromatic heterocycles. The lowest BCUT2D eigenvalue weighted by molar-refractivity contribution is 0.0895. The van der Waals surface area contributed by atoms with Crippen LogP contribution in [-0.2, 0) is 0 Å². The Morgan fingerprint density at radius 2 is 1.90 bits per heavy atom. The Kier molecular flexibility index (Phi) is 2.99. The van der Waals surface area contributed by atoms with Gasteiger partial charge in [0.2, 0.25) is 0 Å². The minimum absolute atomic E-state index is 0.0330. The molecule has 20 heavy (non-hydrogen) atoms. The number of Topliss-reactive ketones (excluding diaryl/α,β-unsaturated/α-hetero) is 1. The van der Waals surface area contributed by atoms with Crippen molar-refractivity contribution in [3.05, 3.63) is 59.2 Å². The maximum atomic E-state index is 12.5. The fraction of sp³-hybridized carbons (Fsp3) is 0.125. The molecule has 0 fully saturated rings.